The van der Waals surface area contributed by atoms with Crippen LogP contribution in [0, 0.1) is 11.6 Å². The SMILES string of the molecule is O=C(C1=C(O)c2cc(F)cc(F)c2C1)C1(F)C(F)(F)C(F)(F)C(F)(F)C(F)(F)C1(F)F. The van der Waals surface area contributed by atoms with E-state index in [1.807, 2.05) is 0 Å². The topological polar surface area (TPSA) is 37.3 Å². The lowest BCUT2D eigenvalue weighted by Gasteiger charge is -2.51. The summed E-state index contributed by atoms with van der Waals surface area (Å²) in [5.74, 6) is -46.1. The van der Waals surface area contributed by atoms with Gasteiger partial charge in [0.25, 0.3) is 0 Å². The smallest absolute Gasteiger partial charge is 0.384 e. The minimum Gasteiger partial charge on any atom is -0.507 e. The van der Waals surface area contributed by atoms with E-state index in [9.17, 15) is 67.0 Å². The second-order valence-corrected chi connectivity index (χ2v) is 6.78. The van der Waals surface area contributed by atoms with Gasteiger partial charge in [-0.1, -0.05) is 0 Å². The molecule has 0 saturated heterocycles. The van der Waals surface area contributed by atoms with Crippen LogP contribution < -0.4 is 0 Å². The third-order valence-corrected chi connectivity index (χ3v) is 5.08. The van der Waals surface area contributed by atoms with Crippen LogP contribution in [-0.4, -0.2) is 46.2 Å². The van der Waals surface area contributed by atoms with Gasteiger partial charge in [-0.2, -0.15) is 43.9 Å². The second kappa shape index (κ2) is 5.85. The summed E-state index contributed by atoms with van der Waals surface area (Å²) < 4.78 is 178. The Balaban J connectivity index is 2.28. The first kappa shape index (κ1) is 23.2. The van der Waals surface area contributed by atoms with E-state index in [0.29, 0.717) is 0 Å². The van der Waals surface area contributed by atoms with Crippen molar-refractivity contribution in [2.45, 2.75) is 41.7 Å². The Hall–Kier alpha value is -2.48. The minimum atomic E-state index is -7.52. The molecule has 0 aromatic heterocycles. The van der Waals surface area contributed by atoms with Gasteiger partial charge in [0, 0.05) is 29.2 Å². The van der Waals surface area contributed by atoms with Crippen molar-refractivity contribution < 1.29 is 67.0 Å². The summed E-state index contributed by atoms with van der Waals surface area (Å²) in [7, 11) is 0. The van der Waals surface area contributed by atoms with E-state index in [2.05, 4.69) is 0 Å². The lowest BCUT2D eigenvalue weighted by molar-refractivity contribution is -0.475. The molecule has 0 aliphatic heterocycles. The van der Waals surface area contributed by atoms with Gasteiger partial charge in [-0.05, 0) is 6.07 Å². The zero-order valence-corrected chi connectivity index (χ0v) is 14.1. The Morgan fingerprint density at radius 2 is 1.16 bits per heavy atom. The molecule has 3 rings (SSSR count). The van der Waals surface area contributed by atoms with Crippen molar-refractivity contribution in [1.29, 1.82) is 0 Å². The minimum absolute atomic E-state index is 0.0808. The number of aliphatic hydroxyl groups excluding tert-OH is 1. The number of halogens is 13. The predicted molar refractivity (Wildman–Crippen MR) is 73.2 cm³/mol. The average Bonchev–Trinajstić information content (AvgIpc) is 2.95. The standard InChI is InChI=1S/C16H5F13O2/c17-4-1-6-5(8(18)2-4)3-7(9(6)30)10(31)11(19)12(20,21)14(24,25)16(28,29)15(26,27)13(11,22)23/h1-2,30H,3H2. The molecule has 2 nitrogen and oxygen atoms in total. The molecule has 0 unspecified atom stereocenters. The summed E-state index contributed by atoms with van der Waals surface area (Å²) in [6.45, 7) is 0. The van der Waals surface area contributed by atoms with E-state index in [-0.39, 0.29) is 12.1 Å². The van der Waals surface area contributed by atoms with Gasteiger partial charge in [-0.3, -0.25) is 4.79 Å². The number of alkyl halides is 11. The molecule has 1 N–H and O–H groups in total. The Morgan fingerprint density at radius 1 is 0.742 bits per heavy atom. The summed E-state index contributed by atoms with van der Waals surface area (Å²) in [6.07, 6.45) is -1.60. The highest BCUT2D eigenvalue weighted by atomic mass is 19.4. The van der Waals surface area contributed by atoms with Crippen LogP contribution in [0.5, 0.6) is 0 Å². The van der Waals surface area contributed by atoms with Gasteiger partial charge in [0.15, 0.2) is 0 Å². The summed E-state index contributed by atoms with van der Waals surface area (Å²) in [5, 5.41) is 9.75. The maximum atomic E-state index is 14.8. The van der Waals surface area contributed by atoms with Crippen LogP contribution >= 0.6 is 0 Å². The molecule has 2 aliphatic carbocycles. The van der Waals surface area contributed by atoms with Gasteiger partial charge in [0.2, 0.25) is 5.78 Å². The number of ketones is 1. The van der Waals surface area contributed by atoms with Crippen LogP contribution in [0.25, 0.3) is 5.76 Å². The molecular formula is C16H5F13O2. The van der Waals surface area contributed by atoms with Crippen LogP contribution in [0.3, 0.4) is 0 Å². The molecule has 0 radical (unpaired) electrons. The first-order valence-electron chi connectivity index (χ1n) is 7.75. The van der Waals surface area contributed by atoms with E-state index >= 15 is 0 Å². The van der Waals surface area contributed by atoms with E-state index in [1.54, 1.807) is 0 Å². The van der Waals surface area contributed by atoms with Crippen molar-refractivity contribution in [3.63, 3.8) is 0 Å². The quantitative estimate of drug-likeness (QED) is 0.592. The maximum absolute atomic E-state index is 14.8. The number of allylic oxidation sites excluding steroid dienone is 1. The first-order valence-corrected chi connectivity index (χ1v) is 7.75. The van der Waals surface area contributed by atoms with E-state index in [0.717, 1.165) is 0 Å². The largest absolute Gasteiger partial charge is 0.507 e. The van der Waals surface area contributed by atoms with Crippen molar-refractivity contribution in [2.24, 2.45) is 0 Å². The van der Waals surface area contributed by atoms with Crippen LogP contribution in [0.4, 0.5) is 57.1 Å². The lowest BCUT2D eigenvalue weighted by Crippen LogP contribution is -2.85. The molecule has 0 amide bonds. The number of benzene rings is 1. The predicted octanol–water partition coefficient (Wildman–Crippen LogP) is 5.26. The lowest BCUT2D eigenvalue weighted by atomic mass is 9.69. The molecule has 0 bridgehead atoms. The van der Waals surface area contributed by atoms with Crippen LogP contribution in [0.15, 0.2) is 17.7 Å². The van der Waals surface area contributed by atoms with Crippen LogP contribution in [-0.2, 0) is 11.2 Å². The van der Waals surface area contributed by atoms with Crippen LogP contribution in [0.2, 0.25) is 0 Å². The van der Waals surface area contributed by atoms with E-state index in [1.165, 1.54) is 0 Å². The van der Waals surface area contributed by atoms with Crippen LogP contribution in [0.1, 0.15) is 11.1 Å². The Labute approximate surface area is 161 Å². The number of hydrogen-bond acceptors (Lipinski definition) is 2. The van der Waals surface area contributed by atoms with Gasteiger partial charge in [0.1, 0.15) is 17.4 Å². The normalized spacial score (nSPS) is 26.5. The molecule has 0 atom stereocenters. The highest BCUT2D eigenvalue weighted by Gasteiger charge is 3.02. The zero-order valence-electron chi connectivity index (χ0n) is 14.1. The highest BCUT2D eigenvalue weighted by molar-refractivity contribution is 6.10. The molecule has 0 heterocycles. The number of hydrogen-bond donors (Lipinski definition) is 1. The first-order chi connectivity index (χ1) is 13.7. The number of carbonyl (C=O) groups excluding carboxylic acids is 1. The van der Waals surface area contributed by atoms with Gasteiger partial charge in [-0.15, -0.1) is 0 Å². The van der Waals surface area contributed by atoms with E-state index in [4.69, 9.17) is 0 Å². The number of carbonyl (C=O) groups is 1. The van der Waals surface area contributed by atoms with Crippen molar-refractivity contribution in [1.82, 2.24) is 0 Å². The van der Waals surface area contributed by atoms with Gasteiger partial charge in [-0.25, -0.2) is 13.2 Å². The van der Waals surface area contributed by atoms with Gasteiger partial charge < -0.3 is 5.11 Å². The summed E-state index contributed by atoms with van der Waals surface area (Å²) >= 11 is 0. The fourth-order valence-electron chi connectivity index (χ4n) is 3.32. The maximum Gasteiger partial charge on any atom is 0.384 e. The summed E-state index contributed by atoms with van der Waals surface area (Å²) in [4.78, 5) is 12.1. The van der Waals surface area contributed by atoms with Gasteiger partial charge >= 0.3 is 35.3 Å². The Bertz CT molecular complexity index is 995. The van der Waals surface area contributed by atoms with Crippen molar-refractivity contribution in [3.05, 3.63) is 40.5 Å². The fourth-order valence-corrected chi connectivity index (χ4v) is 3.32. The number of rotatable bonds is 2. The number of aliphatic hydroxyl groups is 1. The molecule has 2 aliphatic rings. The third-order valence-electron chi connectivity index (χ3n) is 5.08. The number of fused-ring (bicyclic) bond motifs is 1. The average molecular weight is 476 g/mol. The summed E-state index contributed by atoms with van der Waals surface area (Å²) in [6, 6.07) is 0.283. The van der Waals surface area contributed by atoms with Crippen molar-refractivity contribution in [2.75, 3.05) is 0 Å². The molecule has 1 aromatic carbocycles. The zero-order chi connectivity index (χ0) is 24.2. The Morgan fingerprint density at radius 3 is 1.61 bits per heavy atom. The van der Waals surface area contributed by atoms with Crippen molar-refractivity contribution in [3.8, 4) is 0 Å². The molecular weight excluding hydrogens is 471 g/mol. The van der Waals surface area contributed by atoms with E-state index < -0.39 is 81.6 Å². The third kappa shape index (κ3) is 2.24. The molecule has 172 valence electrons. The molecule has 31 heavy (non-hydrogen) atoms. The Kier molecular flexibility index (Phi) is 4.38. The molecule has 1 fully saturated rings. The number of Topliss-reactive ketones (excluding diaryl/α,β-unsaturated/α-hetero) is 1. The highest BCUT2D eigenvalue weighted by Crippen LogP contribution is 2.70. The molecule has 1 aromatic rings. The second-order valence-electron chi connectivity index (χ2n) is 6.78. The fraction of sp³-hybridized carbons (Fsp3) is 0.438. The molecule has 0 spiro atoms. The van der Waals surface area contributed by atoms with Gasteiger partial charge in [0.05, 0.1) is 0 Å². The van der Waals surface area contributed by atoms with Crippen molar-refractivity contribution >= 4 is 11.5 Å². The monoisotopic (exact) mass is 476 g/mol. The summed E-state index contributed by atoms with van der Waals surface area (Å²) in [5.41, 5.74) is -11.2. The molecule has 1 saturated carbocycles. The molecule has 15 heteroatoms.